The molecule has 3 N–H and O–H groups in total. The van der Waals surface area contributed by atoms with Crippen molar-refractivity contribution < 1.29 is 9.53 Å². The Hall–Kier alpha value is -1.39. The van der Waals surface area contributed by atoms with Crippen molar-refractivity contribution >= 4 is 5.91 Å². The molecule has 4 nitrogen and oxygen atoms in total. The molecular weight excluding hydrogens is 228 g/mol. The van der Waals surface area contributed by atoms with Gasteiger partial charge in [-0.1, -0.05) is 44.2 Å². The minimum Gasteiger partial charge on any atom is -0.380 e. The third kappa shape index (κ3) is 4.13. The summed E-state index contributed by atoms with van der Waals surface area (Å²) in [7, 11) is 1.67. The second-order valence-electron chi connectivity index (χ2n) is 4.67. The highest BCUT2D eigenvalue weighted by atomic mass is 16.5. The SMILES string of the molecule is CO[C@H](CN[C@H](C(N)=O)c1ccccc1)C(C)C. The molecule has 0 fully saturated rings. The summed E-state index contributed by atoms with van der Waals surface area (Å²) in [6.45, 7) is 4.76. The molecular formula is C14H22N2O2. The second kappa shape index (κ2) is 7.13. The molecule has 0 heterocycles. The first-order valence-corrected chi connectivity index (χ1v) is 6.16. The van der Waals surface area contributed by atoms with Gasteiger partial charge in [-0.3, -0.25) is 10.1 Å². The number of carbonyl (C=O) groups excluding carboxylic acids is 1. The van der Waals surface area contributed by atoms with E-state index in [9.17, 15) is 4.79 Å². The summed E-state index contributed by atoms with van der Waals surface area (Å²) >= 11 is 0. The number of amides is 1. The first-order valence-electron chi connectivity index (χ1n) is 6.16. The van der Waals surface area contributed by atoms with E-state index in [0.29, 0.717) is 12.5 Å². The Bertz CT molecular complexity index is 365. The van der Waals surface area contributed by atoms with Crippen LogP contribution in [0.15, 0.2) is 30.3 Å². The van der Waals surface area contributed by atoms with E-state index in [-0.39, 0.29) is 12.0 Å². The molecule has 18 heavy (non-hydrogen) atoms. The number of nitrogens with two attached hydrogens (primary N) is 1. The molecule has 0 radical (unpaired) electrons. The maximum absolute atomic E-state index is 11.5. The average Bonchev–Trinajstić information content (AvgIpc) is 2.35. The van der Waals surface area contributed by atoms with Gasteiger partial charge >= 0.3 is 0 Å². The lowest BCUT2D eigenvalue weighted by Crippen LogP contribution is -2.40. The molecule has 1 rings (SSSR count). The summed E-state index contributed by atoms with van der Waals surface area (Å²) < 4.78 is 5.36. The number of benzene rings is 1. The Balaban J connectivity index is 2.68. The number of hydrogen-bond acceptors (Lipinski definition) is 3. The van der Waals surface area contributed by atoms with E-state index in [0.717, 1.165) is 5.56 Å². The minimum atomic E-state index is -0.470. The molecule has 1 aromatic carbocycles. The first-order chi connectivity index (χ1) is 8.56. The predicted octanol–water partition coefficient (Wildman–Crippen LogP) is 1.47. The summed E-state index contributed by atoms with van der Waals surface area (Å²) in [6.07, 6.45) is 0.0653. The summed E-state index contributed by atoms with van der Waals surface area (Å²) in [6, 6.07) is 9.00. The van der Waals surface area contributed by atoms with Crippen LogP contribution in [0.4, 0.5) is 0 Å². The van der Waals surface area contributed by atoms with Gasteiger partial charge in [0.15, 0.2) is 0 Å². The predicted molar refractivity (Wildman–Crippen MR) is 72.0 cm³/mol. The van der Waals surface area contributed by atoms with Crippen molar-refractivity contribution in [3.8, 4) is 0 Å². The fourth-order valence-corrected chi connectivity index (χ4v) is 1.85. The summed E-state index contributed by atoms with van der Waals surface area (Å²) in [5.41, 5.74) is 6.31. The van der Waals surface area contributed by atoms with Gasteiger partial charge in [-0.2, -0.15) is 0 Å². The third-order valence-electron chi connectivity index (χ3n) is 2.99. The summed E-state index contributed by atoms with van der Waals surface area (Å²) in [4.78, 5) is 11.5. The highest BCUT2D eigenvalue weighted by molar-refractivity contribution is 5.81. The van der Waals surface area contributed by atoms with Crippen molar-refractivity contribution in [2.24, 2.45) is 11.7 Å². The van der Waals surface area contributed by atoms with Crippen LogP contribution in [0.25, 0.3) is 0 Å². The zero-order valence-corrected chi connectivity index (χ0v) is 11.2. The van der Waals surface area contributed by atoms with Crippen LogP contribution in [0.1, 0.15) is 25.5 Å². The van der Waals surface area contributed by atoms with E-state index in [1.165, 1.54) is 0 Å². The minimum absolute atomic E-state index is 0.0653. The topological polar surface area (TPSA) is 64.3 Å². The largest absolute Gasteiger partial charge is 0.380 e. The lowest BCUT2D eigenvalue weighted by Gasteiger charge is -2.23. The Morgan fingerprint density at radius 3 is 2.39 bits per heavy atom. The van der Waals surface area contributed by atoms with E-state index in [1.54, 1.807) is 7.11 Å². The maximum Gasteiger partial charge on any atom is 0.239 e. The Morgan fingerprint density at radius 2 is 1.94 bits per heavy atom. The summed E-state index contributed by atoms with van der Waals surface area (Å²) in [5, 5.41) is 3.17. The van der Waals surface area contributed by atoms with Crippen molar-refractivity contribution in [2.45, 2.75) is 26.0 Å². The van der Waals surface area contributed by atoms with Crippen LogP contribution in [0.5, 0.6) is 0 Å². The van der Waals surface area contributed by atoms with Crippen molar-refractivity contribution in [3.63, 3.8) is 0 Å². The van der Waals surface area contributed by atoms with E-state index in [1.807, 2.05) is 30.3 Å². The van der Waals surface area contributed by atoms with E-state index >= 15 is 0 Å². The zero-order chi connectivity index (χ0) is 13.5. The van der Waals surface area contributed by atoms with Crippen molar-refractivity contribution in [1.29, 1.82) is 0 Å². The van der Waals surface area contributed by atoms with Crippen molar-refractivity contribution in [1.82, 2.24) is 5.32 Å². The standard InChI is InChI=1S/C14H22N2O2/c1-10(2)12(18-3)9-16-13(14(15)17)11-7-5-4-6-8-11/h4-8,10,12-13,16H,9H2,1-3H3,(H2,15,17)/t12-,13+/m1/s1. The molecule has 4 heteroatoms. The quantitative estimate of drug-likeness (QED) is 0.770. The number of methoxy groups -OCH3 is 1. The van der Waals surface area contributed by atoms with Gasteiger partial charge in [0.05, 0.1) is 6.10 Å². The summed E-state index contributed by atoms with van der Waals surface area (Å²) in [5.74, 6) is 0.00612. The van der Waals surface area contributed by atoms with E-state index < -0.39 is 6.04 Å². The molecule has 0 aliphatic carbocycles. The van der Waals surface area contributed by atoms with Crippen LogP contribution in [0, 0.1) is 5.92 Å². The molecule has 1 aromatic rings. The lowest BCUT2D eigenvalue weighted by molar-refractivity contribution is -0.120. The van der Waals surface area contributed by atoms with Crippen LogP contribution < -0.4 is 11.1 Å². The Labute approximate surface area is 109 Å². The fourth-order valence-electron chi connectivity index (χ4n) is 1.85. The van der Waals surface area contributed by atoms with Gasteiger partial charge in [0.1, 0.15) is 6.04 Å². The van der Waals surface area contributed by atoms with Gasteiger partial charge in [-0.15, -0.1) is 0 Å². The Morgan fingerprint density at radius 1 is 1.33 bits per heavy atom. The maximum atomic E-state index is 11.5. The monoisotopic (exact) mass is 250 g/mol. The molecule has 0 aliphatic rings. The lowest BCUT2D eigenvalue weighted by atomic mass is 10.0. The third-order valence-corrected chi connectivity index (χ3v) is 2.99. The van der Waals surface area contributed by atoms with Crippen LogP contribution in [0.2, 0.25) is 0 Å². The number of hydrogen-bond donors (Lipinski definition) is 2. The number of ether oxygens (including phenoxy) is 1. The highest BCUT2D eigenvalue weighted by Crippen LogP contribution is 2.13. The smallest absolute Gasteiger partial charge is 0.239 e. The van der Waals surface area contributed by atoms with Crippen LogP contribution >= 0.6 is 0 Å². The molecule has 0 bridgehead atoms. The van der Waals surface area contributed by atoms with Gasteiger partial charge in [-0.25, -0.2) is 0 Å². The fraction of sp³-hybridized carbons (Fsp3) is 0.500. The normalized spacial score (nSPS) is 14.4. The molecule has 1 amide bonds. The average molecular weight is 250 g/mol. The van der Waals surface area contributed by atoms with Crippen LogP contribution in [-0.2, 0) is 9.53 Å². The highest BCUT2D eigenvalue weighted by Gasteiger charge is 2.20. The Kier molecular flexibility index (Phi) is 5.82. The molecule has 0 aromatic heterocycles. The van der Waals surface area contributed by atoms with Gasteiger partial charge in [-0.05, 0) is 11.5 Å². The molecule has 0 unspecified atom stereocenters. The first kappa shape index (κ1) is 14.7. The van der Waals surface area contributed by atoms with E-state index in [4.69, 9.17) is 10.5 Å². The second-order valence-corrected chi connectivity index (χ2v) is 4.67. The van der Waals surface area contributed by atoms with Gasteiger partial charge < -0.3 is 10.5 Å². The zero-order valence-electron chi connectivity index (χ0n) is 11.2. The van der Waals surface area contributed by atoms with E-state index in [2.05, 4.69) is 19.2 Å². The number of primary amides is 1. The molecule has 0 spiro atoms. The number of nitrogens with one attached hydrogen (secondary N) is 1. The van der Waals surface area contributed by atoms with Crippen molar-refractivity contribution in [2.75, 3.05) is 13.7 Å². The number of rotatable bonds is 7. The van der Waals surface area contributed by atoms with Crippen molar-refractivity contribution in [3.05, 3.63) is 35.9 Å². The molecule has 0 saturated heterocycles. The molecule has 0 saturated carbocycles. The molecule has 2 atom stereocenters. The van der Waals surface area contributed by atoms with Gasteiger partial charge in [0.2, 0.25) is 5.91 Å². The van der Waals surface area contributed by atoms with Gasteiger partial charge in [0.25, 0.3) is 0 Å². The number of carbonyl (C=O) groups is 1. The van der Waals surface area contributed by atoms with Gasteiger partial charge in [0, 0.05) is 13.7 Å². The molecule has 100 valence electrons. The van der Waals surface area contributed by atoms with Crippen LogP contribution in [-0.4, -0.2) is 25.7 Å². The van der Waals surface area contributed by atoms with Crippen LogP contribution in [0.3, 0.4) is 0 Å². The molecule has 0 aliphatic heterocycles.